The number of ether oxygens (including phenoxy) is 1. The number of guanidine groups is 1. The number of benzene rings is 2. The number of para-hydroxylation sites is 1. The number of aliphatic imine (C=N–C) groups is 1. The summed E-state index contributed by atoms with van der Waals surface area (Å²) in [6.45, 7) is 2.46. The molecule has 0 radical (unpaired) electrons. The number of nitro groups is 1. The van der Waals surface area contributed by atoms with Crippen molar-refractivity contribution < 1.29 is 9.66 Å². The predicted octanol–water partition coefficient (Wildman–Crippen LogP) is 2.25. The average Bonchev–Trinajstić information content (AvgIpc) is 2.68. The summed E-state index contributed by atoms with van der Waals surface area (Å²) < 4.78 is 5.61. The second-order valence-corrected chi connectivity index (χ2v) is 5.32. The van der Waals surface area contributed by atoms with Crippen LogP contribution in [0.2, 0.25) is 0 Å². The van der Waals surface area contributed by atoms with E-state index in [0.29, 0.717) is 32.2 Å². The molecule has 0 aliphatic heterocycles. The maximum atomic E-state index is 10.6. The number of hydrogen-bond acceptors (Lipinski definition) is 5. The summed E-state index contributed by atoms with van der Waals surface area (Å²) in [6.07, 6.45) is 0. The summed E-state index contributed by atoms with van der Waals surface area (Å²) in [7, 11) is 1.71. The summed E-state index contributed by atoms with van der Waals surface area (Å²) in [4.78, 5) is 14.3. The molecular weight excluding hydrogens is 334 g/mol. The van der Waals surface area contributed by atoms with Crippen LogP contribution in [0.5, 0.6) is 5.75 Å². The fraction of sp³-hybridized carbons (Fsp3) is 0.278. The highest BCUT2D eigenvalue weighted by molar-refractivity contribution is 5.79. The fourth-order valence-corrected chi connectivity index (χ4v) is 2.16. The number of anilines is 1. The van der Waals surface area contributed by atoms with Crippen LogP contribution in [0, 0.1) is 10.1 Å². The van der Waals surface area contributed by atoms with E-state index in [1.54, 1.807) is 19.2 Å². The van der Waals surface area contributed by atoms with Gasteiger partial charge in [0.25, 0.3) is 5.69 Å². The van der Waals surface area contributed by atoms with Crippen molar-refractivity contribution >= 4 is 17.3 Å². The van der Waals surface area contributed by atoms with Crippen LogP contribution in [0.1, 0.15) is 0 Å². The summed E-state index contributed by atoms with van der Waals surface area (Å²) in [5.41, 5.74) is 0.910. The molecule has 0 aliphatic carbocycles. The molecule has 2 rings (SSSR count). The normalized spacial score (nSPS) is 10.9. The first-order chi connectivity index (χ1) is 12.7. The Kier molecular flexibility index (Phi) is 7.73. The minimum atomic E-state index is -0.414. The molecule has 138 valence electrons. The van der Waals surface area contributed by atoms with Crippen LogP contribution in [-0.2, 0) is 0 Å². The molecule has 2 aromatic rings. The first-order valence-electron chi connectivity index (χ1n) is 8.30. The monoisotopic (exact) mass is 357 g/mol. The number of nitrogens with one attached hydrogen (secondary N) is 3. The maximum absolute atomic E-state index is 10.6. The molecule has 0 heterocycles. The van der Waals surface area contributed by atoms with E-state index in [1.807, 2.05) is 30.3 Å². The SMILES string of the molecule is CN=C(NCCNc1ccc([N+](=O)[O-])cc1)NCCOc1ccccc1. The van der Waals surface area contributed by atoms with E-state index >= 15 is 0 Å². The highest BCUT2D eigenvalue weighted by Gasteiger charge is 2.03. The minimum Gasteiger partial charge on any atom is -0.492 e. The zero-order valence-corrected chi connectivity index (χ0v) is 14.6. The van der Waals surface area contributed by atoms with Gasteiger partial charge in [0, 0.05) is 38.0 Å². The smallest absolute Gasteiger partial charge is 0.269 e. The number of rotatable bonds is 9. The molecular formula is C18H23N5O3. The summed E-state index contributed by atoms with van der Waals surface area (Å²) in [5.74, 6) is 1.52. The Balaban J connectivity index is 1.60. The lowest BCUT2D eigenvalue weighted by Gasteiger charge is -2.13. The third-order valence-corrected chi connectivity index (χ3v) is 3.45. The number of nitrogens with zero attached hydrogens (tertiary/aromatic N) is 2. The molecule has 0 saturated heterocycles. The molecule has 0 atom stereocenters. The lowest BCUT2D eigenvalue weighted by molar-refractivity contribution is -0.384. The first kappa shape index (κ1) is 19.0. The number of hydrogen-bond donors (Lipinski definition) is 3. The van der Waals surface area contributed by atoms with E-state index in [0.717, 1.165) is 11.4 Å². The van der Waals surface area contributed by atoms with Gasteiger partial charge in [0.05, 0.1) is 11.5 Å². The van der Waals surface area contributed by atoms with Crippen molar-refractivity contribution in [3.05, 3.63) is 64.7 Å². The lowest BCUT2D eigenvalue weighted by Crippen LogP contribution is -2.41. The Bertz CT molecular complexity index is 705. The Morgan fingerprint density at radius 3 is 2.38 bits per heavy atom. The van der Waals surface area contributed by atoms with E-state index in [9.17, 15) is 10.1 Å². The van der Waals surface area contributed by atoms with Gasteiger partial charge in [-0.2, -0.15) is 0 Å². The van der Waals surface area contributed by atoms with Gasteiger partial charge in [-0.25, -0.2) is 0 Å². The standard InChI is InChI=1S/C18H23N5O3/c1-19-18(22-13-14-26-17-5-3-2-4-6-17)21-12-11-20-15-7-9-16(10-8-15)23(24)25/h2-10,20H,11-14H2,1H3,(H2,19,21,22). The Hall–Kier alpha value is -3.29. The molecule has 8 nitrogen and oxygen atoms in total. The zero-order chi connectivity index (χ0) is 18.6. The molecule has 0 bridgehead atoms. The van der Waals surface area contributed by atoms with Gasteiger partial charge >= 0.3 is 0 Å². The number of non-ortho nitro benzene ring substituents is 1. The van der Waals surface area contributed by atoms with E-state index < -0.39 is 4.92 Å². The third-order valence-electron chi connectivity index (χ3n) is 3.45. The van der Waals surface area contributed by atoms with E-state index in [1.165, 1.54) is 12.1 Å². The summed E-state index contributed by atoms with van der Waals surface area (Å²) in [6, 6.07) is 16.0. The van der Waals surface area contributed by atoms with Gasteiger partial charge in [-0.3, -0.25) is 15.1 Å². The van der Waals surface area contributed by atoms with Crippen LogP contribution in [0.3, 0.4) is 0 Å². The molecule has 3 N–H and O–H groups in total. The molecule has 0 saturated carbocycles. The zero-order valence-electron chi connectivity index (χ0n) is 14.6. The van der Waals surface area contributed by atoms with Crippen molar-refractivity contribution in [2.24, 2.45) is 4.99 Å². The second-order valence-electron chi connectivity index (χ2n) is 5.32. The van der Waals surface area contributed by atoms with Crippen LogP contribution in [0.15, 0.2) is 59.6 Å². The molecule has 0 spiro atoms. The van der Waals surface area contributed by atoms with Gasteiger partial charge in [-0.15, -0.1) is 0 Å². The summed E-state index contributed by atoms with van der Waals surface area (Å²) >= 11 is 0. The van der Waals surface area contributed by atoms with Gasteiger partial charge in [-0.1, -0.05) is 18.2 Å². The molecule has 0 aromatic heterocycles. The molecule has 2 aromatic carbocycles. The quantitative estimate of drug-likeness (QED) is 0.209. The Morgan fingerprint density at radius 2 is 1.73 bits per heavy atom. The van der Waals surface area contributed by atoms with Crippen LogP contribution < -0.4 is 20.7 Å². The molecule has 0 fully saturated rings. The minimum absolute atomic E-state index is 0.0796. The topological polar surface area (TPSA) is 101 Å². The van der Waals surface area contributed by atoms with Gasteiger partial charge in [0.2, 0.25) is 0 Å². The third kappa shape index (κ3) is 6.68. The van der Waals surface area contributed by atoms with Crippen LogP contribution in [0.4, 0.5) is 11.4 Å². The Labute approximate surface area is 152 Å². The second kappa shape index (κ2) is 10.5. The molecule has 8 heteroatoms. The van der Waals surface area contributed by atoms with E-state index in [-0.39, 0.29) is 5.69 Å². The predicted molar refractivity (Wildman–Crippen MR) is 103 cm³/mol. The molecule has 0 unspecified atom stereocenters. The lowest BCUT2D eigenvalue weighted by atomic mass is 10.3. The van der Waals surface area contributed by atoms with E-state index in [4.69, 9.17) is 4.74 Å². The van der Waals surface area contributed by atoms with Gasteiger partial charge in [0.1, 0.15) is 12.4 Å². The highest BCUT2D eigenvalue weighted by atomic mass is 16.6. The maximum Gasteiger partial charge on any atom is 0.269 e. The van der Waals surface area contributed by atoms with Crippen molar-refractivity contribution in [2.75, 3.05) is 38.6 Å². The van der Waals surface area contributed by atoms with Crippen molar-refractivity contribution in [3.8, 4) is 5.75 Å². The summed E-state index contributed by atoms with van der Waals surface area (Å²) in [5, 5.41) is 20.2. The average molecular weight is 357 g/mol. The molecule has 26 heavy (non-hydrogen) atoms. The van der Waals surface area contributed by atoms with Crippen LogP contribution in [-0.4, -0.2) is 44.2 Å². The first-order valence-corrected chi connectivity index (χ1v) is 8.30. The van der Waals surface area contributed by atoms with Crippen molar-refractivity contribution in [3.63, 3.8) is 0 Å². The van der Waals surface area contributed by atoms with E-state index in [2.05, 4.69) is 20.9 Å². The van der Waals surface area contributed by atoms with Crippen molar-refractivity contribution in [2.45, 2.75) is 0 Å². The van der Waals surface area contributed by atoms with Gasteiger partial charge < -0.3 is 20.7 Å². The van der Waals surface area contributed by atoms with Crippen molar-refractivity contribution in [1.82, 2.24) is 10.6 Å². The van der Waals surface area contributed by atoms with Gasteiger partial charge in [-0.05, 0) is 24.3 Å². The largest absolute Gasteiger partial charge is 0.492 e. The molecule has 0 aliphatic rings. The van der Waals surface area contributed by atoms with Crippen LogP contribution >= 0.6 is 0 Å². The number of nitro benzene ring substituents is 1. The van der Waals surface area contributed by atoms with Gasteiger partial charge in [0.15, 0.2) is 5.96 Å². The Morgan fingerprint density at radius 1 is 1.04 bits per heavy atom. The van der Waals surface area contributed by atoms with Crippen LogP contribution in [0.25, 0.3) is 0 Å². The fourth-order valence-electron chi connectivity index (χ4n) is 2.16. The molecule has 0 amide bonds. The van der Waals surface area contributed by atoms with Crippen molar-refractivity contribution in [1.29, 1.82) is 0 Å². The highest BCUT2D eigenvalue weighted by Crippen LogP contribution is 2.14.